The summed E-state index contributed by atoms with van der Waals surface area (Å²) < 4.78 is 0. The maximum Gasteiger partial charge on any atom is 0.235 e. The molecule has 6 heteroatoms. The highest BCUT2D eigenvalue weighted by molar-refractivity contribution is 8.00. The summed E-state index contributed by atoms with van der Waals surface area (Å²) in [4.78, 5) is 20.9. The normalized spacial score (nSPS) is 16.0. The van der Waals surface area contributed by atoms with Crippen LogP contribution in [0.15, 0.2) is 53.7 Å². The Labute approximate surface area is 146 Å². The number of aromatic nitrogens is 1. The number of phenols is 1. The van der Waals surface area contributed by atoms with Gasteiger partial charge in [-0.15, -0.1) is 0 Å². The Kier molecular flexibility index (Phi) is 5.25. The summed E-state index contributed by atoms with van der Waals surface area (Å²) in [5, 5.41) is 10.7. The first kappa shape index (κ1) is 16.6. The SMILES string of the molecule is CC(Sc1ccccn1)C(=O)N1CCN(c2ccccc2O)CC1. The lowest BCUT2D eigenvalue weighted by Crippen LogP contribution is -2.50. The highest BCUT2D eigenvalue weighted by atomic mass is 32.2. The summed E-state index contributed by atoms with van der Waals surface area (Å²) >= 11 is 1.49. The van der Waals surface area contributed by atoms with Crippen LogP contribution < -0.4 is 4.90 Å². The molecule has 0 aliphatic carbocycles. The Balaban J connectivity index is 1.56. The predicted octanol–water partition coefficient (Wildman–Crippen LogP) is 2.62. The number of amides is 1. The van der Waals surface area contributed by atoms with Gasteiger partial charge >= 0.3 is 0 Å². The topological polar surface area (TPSA) is 56.7 Å². The van der Waals surface area contributed by atoms with Gasteiger partial charge in [-0.25, -0.2) is 4.98 Å². The van der Waals surface area contributed by atoms with Crippen LogP contribution in [0.3, 0.4) is 0 Å². The van der Waals surface area contributed by atoms with Crippen molar-refractivity contribution in [3.8, 4) is 5.75 Å². The molecule has 2 heterocycles. The van der Waals surface area contributed by atoms with E-state index in [1.54, 1.807) is 12.3 Å². The molecule has 126 valence electrons. The second kappa shape index (κ2) is 7.57. The van der Waals surface area contributed by atoms with Gasteiger partial charge in [-0.1, -0.05) is 30.0 Å². The van der Waals surface area contributed by atoms with Crippen molar-refractivity contribution in [1.82, 2.24) is 9.88 Å². The van der Waals surface area contributed by atoms with E-state index in [1.165, 1.54) is 11.8 Å². The van der Waals surface area contributed by atoms with Crippen LogP contribution in [-0.4, -0.2) is 52.3 Å². The Morgan fingerprint density at radius 1 is 1.12 bits per heavy atom. The minimum Gasteiger partial charge on any atom is -0.506 e. The van der Waals surface area contributed by atoms with Gasteiger partial charge in [-0.05, 0) is 31.2 Å². The van der Waals surface area contributed by atoms with Crippen LogP contribution in [0.5, 0.6) is 5.75 Å². The number of carbonyl (C=O) groups is 1. The lowest BCUT2D eigenvalue weighted by atomic mass is 10.2. The Hall–Kier alpha value is -2.21. The fourth-order valence-electron chi connectivity index (χ4n) is 2.80. The summed E-state index contributed by atoms with van der Waals surface area (Å²) in [5.74, 6) is 0.430. The molecule has 1 N–H and O–H groups in total. The first-order chi connectivity index (χ1) is 11.6. The average molecular weight is 343 g/mol. The third-order valence-corrected chi connectivity index (χ3v) is 5.13. The number of pyridine rings is 1. The molecule has 1 saturated heterocycles. The molecular formula is C18H21N3O2S. The highest BCUT2D eigenvalue weighted by Gasteiger charge is 2.26. The van der Waals surface area contributed by atoms with Crippen molar-refractivity contribution in [3.63, 3.8) is 0 Å². The van der Waals surface area contributed by atoms with E-state index in [4.69, 9.17) is 0 Å². The molecule has 1 aromatic carbocycles. The van der Waals surface area contributed by atoms with Crippen molar-refractivity contribution in [2.24, 2.45) is 0 Å². The van der Waals surface area contributed by atoms with E-state index in [-0.39, 0.29) is 16.9 Å². The van der Waals surface area contributed by atoms with Gasteiger partial charge in [-0.2, -0.15) is 0 Å². The Morgan fingerprint density at radius 2 is 1.83 bits per heavy atom. The number of aromatic hydroxyl groups is 1. The zero-order valence-corrected chi connectivity index (χ0v) is 14.4. The number of hydrogen-bond donors (Lipinski definition) is 1. The molecule has 24 heavy (non-hydrogen) atoms. The van der Waals surface area contributed by atoms with Crippen LogP contribution in [0.4, 0.5) is 5.69 Å². The Morgan fingerprint density at radius 3 is 2.50 bits per heavy atom. The van der Waals surface area contributed by atoms with E-state index < -0.39 is 0 Å². The number of carbonyl (C=O) groups excluding carboxylic acids is 1. The number of thioether (sulfide) groups is 1. The van der Waals surface area contributed by atoms with E-state index >= 15 is 0 Å². The van der Waals surface area contributed by atoms with Crippen molar-refractivity contribution in [1.29, 1.82) is 0 Å². The number of phenolic OH excluding ortho intramolecular Hbond substituents is 1. The number of hydrogen-bond acceptors (Lipinski definition) is 5. The van der Waals surface area contributed by atoms with E-state index in [0.717, 1.165) is 23.8 Å². The van der Waals surface area contributed by atoms with Gasteiger partial charge in [0.25, 0.3) is 0 Å². The highest BCUT2D eigenvalue weighted by Crippen LogP contribution is 2.28. The molecule has 3 rings (SSSR count). The molecule has 0 spiro atoms. The summed E-state index contributed by atoms with van der Waals surface area (Å²) in [6.07, 6.45) is 1.74. The first-order valence-electron chi connectivity index (χ1n) is 8.04. The van der Waals surface area contributed by atoms with Gasteiger partial charge in [0.05, 0.1) is 16.0 Å². The van der Waals surface area contributed by atoms with Crippen LogP contribution in [0.25, 0.3) is 0 Å². The molecule has 1 atom stereocenters. The van der Waals surface area contributed by atoms with E-state index in [2.05, 4.69) is 9.88 Å². The molecule has 1 fully saturated rings. The average Bonchev–Trinajstić information content (AvgIpc) is 2.62. The van der Waals surface area contributed by atoms with Gasteiger partial charge in [0, 0.05) is 32.4 Å². The molecule has 1 aromatic heterocycles. The zero-order chi connectivity index (χ0) is 16.9. The lowest BCUT2D eigenvalue weighted by molar-refractivity contribution is -0.130. The molecule has 2 aromatic rings. The maximum atomic E-state index is 12.6. The smallest absolute Gasteiger partial charge is 0.235 e. The number of benzene rings is 1. The third kappa shape index (κ3) is 3.82. The van der Waals surface area contributed by atoms with Crippen LogP contribution in [-0.2, 0) is 4.79 Å². The number of para-hydroxylation sites is 2. The summed E-state index contributed by atoms with van der Waals surface area (Å²) in [6.45, 7) is 4.71. The molecule has 1 amide bonds. The molecule has 0 radical (unpaired) electrons. The fourth-order valence-corrected chi connectivity index (χ4v) is 3.70. The number of rotatable bonds is 4. The minimum atomic E-state index is -0.156. The molecular weight excluding hydrogens is 322 g/mol. The maximum absolute atomic E-state index is 12.6. The van der Waals surface area contributed by atoms with Crippen molar-refractivity contribution in [3.05, 3.63) is 48.7 Å². The lowest BCUT2D eigenvalue weighted by Gasteiger charge is -2.37. The molecule has 1 aliphatic rings. The largest absolute Gasteiger partial charge is 0.506 e. The standard InChI is InChI=1S/C18H21N3O2S/c1-14(24-17-8-4-5-9-19-17)18(23)21-12-10-20(11-13-21)15-6-2-3-7-16(15)22/h2-9,14,22H,10-13H2,1H3. The fraction of sp³-hybridized carbons (Fsp3) is 0.333. The predicted molar refractivity (Wildman–Crippen MR) is 96.5 cm³/mol. The summed E-state index contributed by atoms with van der Waals surface area (Å²) in [5.41, 5.74) is 0.834. The number of anilines is 1. The van der Waals surface area contributed by atoms with Gasteiger partial charge < -0.3 is 14.9 Å². The van der Waals surface area contributed by atoms with E-state index in [9.17, 15) is 9.90 Å². The summed E-state index contributed by atoms with van der Waals surface area (Å²) in [7, 11) is 0. The van der Waals surface area contributed by atoms with Crippen LogP contribution in [0, 0.1) is 0 Å². The van der Waals surface area contributed by atoms with Gasteiger partial charge in [0.1, 0.15) is 5.75 Å². The number of nitrogens with zero attached hydrogens (tertiary/aromatic N) is 3. The first-order valence-corrected chi connectivity index (χ1v) is 8.92. The molecule has 1 unspecified atom stereocenters. The second-order valence-electron chi connectivity index (χ2n) is 5.73. The van der Waals surface area contributed by atoms with Crippen molar-refractivity contribution in [2.75, 3.05) is 31.1 Å². The van der Waals surface area contributed by atoms with Crippen LogP contribution in [0.1, 0.15) is 6.92 Å². The Bertz CT molecular complexity index is 688. The van der Waals surface area contributed by atoms with E-state index in [0.29, 0.717) is 13.1 Å². The quantitative estimate of drug-likeness (QED) is 0.865. The number of piperazine rings is 1. The minimum absolute atomic E-state index is 0.141. The van der Waals surface area contributed by atoms with Gasteiger partial charge in [-0.3, -0.25) is 4.79 Å². The van der Waals surface area contributed by atoms with Crippen LogP contribution >= 0.6 is 11.8 Å². The molecule has 5 nitrogen and oxygen atoms in total. The zero-order valence-electron chi connectivity index (χ0n) is 13.6. The monoisotopic (exact) mass is 343 g/mol. The van der Waals surface area contributed by atoms with Crippen molar-refractivity contribution in [2.45, 2.75) is 17.2 Å². The molecule has 0 bridgehead atoms. The van der Waals surface area contributed by atoms with Crippen LogP contribution in [0.2, 0.25) is 0 Å². The van der Waals surface area contributed by atoms with Gasteiger partial charge in [0.15, 0.2) is 0 Å². The van der Waals surface area contributed by atoms with Gasteiger partial charge in [0.2, 0.25) is 5.91 Å². The second-order valence-corrected chi connectivity index (χ2v) is 7.09. The summed E-state index contributed by atoms with van der Waals surface area (Å²) in [6, 6.07) is 13.1. The third-order valence-electron chi connectivity index (χ3n) is 4.10. The molecule has 0 saturated carbocycles. The van der Waals surface area contributed by atoms with Crippen molar-refractivity contribution < 1.29 is 9.90 Å². The van der Waals surface area contributed by atoms with Crippen molar-refractivity contribution >= 4 is 23.4 Å². The van der Waals surface area contributed by atoms with E-state index in [1.807, 2.05) is 48.2 Å². The molecule has 1 aliphatic heterocycles.